The van der Waals surface area contributed by atoms with Crippen molar-refractivity contribution >= 4 is 47.5 Å². The normalized spacial score (nSPS) is 11.4. The minimum Gasteiger partial charge on any atom is -0.548 e. The summed E-state index contributed by atoms with van der Waals surface area (Å²) in [6.45, 7) is 0. The first-order valence-electron chi connectivity index (χ1n) is 11.1. The fourth-order valence-electron chi connectivity index (χ4n) is 1.66. The van der Waals surface area contributed by atoms with Crippen LogP contribution in [-0.4, -0.2) is 71.7 Å². The van der Waals surface area contributed by atoms with Gasteiger partial charge < -0.3 is 85.5 Å². The van der Waals surface area contributed by atoms with Crippen LogP contribution in [0.15, 0.2) is 0 Å². The van der Waals surface area contributed by atoms with Crippen LogP contribution < -0.4 is 185 Å². The molecular formula is C20H36N8Na4O12. The Labute approximate surface area is 342 Å². The van der Waals surface area contributed by atoms with Crippen LogP contribution in [0.4, 0.5) is 0 Å². The van der Waals surface area contributed by atoms with Gasteiger partial charge in [-0.3, -0.25) is 19.2 Å². The van der Waals surface area contributed by atoms with Crippen LogP contribution in [0.3, 0.4) is 0 Å². The number of primary amides is 4. The molecule has 44 heavy (non-hydrogen) atoms. The summed E-state index contributed by atoms with van der Waals surface area (Å²) in [4.78, 5) is 80.0. The topological polar surface area (TPSA) is 437 Å². The van der Waals surface area contributed by atoms with Crippen molar-refractivity contribution in [2.24, 2.45) is 45.9 Å². The molecule has 0 unspecified atom stereocenters. The van der Waals surface area contributed by atoms with E-state index in [0.717, 1.165) is 0 Å². The van der Waals surface area contributed by atoms with Gasteiger partial charge in [-0.25, -0.2) is 0 Å². The van der Waals surface area contributed by atoms with E-state index in [1.807, 2.05) is 0 Å². The number of carboxylic acids is 4. The van der Waals surface area contributed by atoms with E-state index < -0.39 is 71.7 Å². The fraction of sp³-hybridized carbons (Fsp3) is 0.600. The van der Waals surface area contributed by atoms with E-state index in [1.165, 1.54) is 0 Å². The Morgan fingerprint density at radius 1 is 0.364 bits per heavy atom. The van der Waals surface area contributed by atoms with E-state index in [-0.39, 0.29) is 170 Å². The number of aliphatic carboxylic acids is 4. The Morgan fingerprint density at radius 3 is 0.545 bits per heavy atom. The second kappa shape index (κ2) is 38.8. The molecule has 0 fully saturated rings. The molecule has 232 valence electrons. The molecule has 0 aliphatic rings. The zero-order valence-corrected chi connectivity index (χ0v) is 33.5. The number of carbonyl (C=O) groups excluding carboxylic acids is 8. The van der Waals surface area contributed by atoms with Crippen molar-refractivity contribution in [2.45, 2.75) is 75.5 Å². The van der Waals surface area contributed by atoms with E-state index in [9.17, 15) is 58.8 Å². The molecule has 24 heteroatoms. The SMILES string of the molecule is NC(=O)CC[C@H](N)C(=O)[O-].NC(=O)CC[C@H](N)C(=O)[O-].NC(=O)CC[C@H](N)C(=O)[O-].NC(=O)CC[C@H](N)C(=O)[O-].[Na+].[Na+].[Na+].[Na+]. The maximum absolute atomic E-state index is 10.1. The molecule has 0 aromatic heterocycles. The van der Waals surface area contributed by atoms with Gasteiger partial charge in [-0.05, 0) is 25.7 Å². The number of amides is 4. The average molecular weight is 673 g/mol. The fourth-order valence-corrected chi connectivity index (χ4v) is 1.66. The van der Waals surface area contributed by atoms with E-state index in [2.05, 4.69) is 0 Å². The zero-order chi connectivity index (χ0) is 32.6. The van der Waals surface area contributed by atoms with Crippen LogP contribution in [0, 0.1) is 0 Å². The van der Waals surface area contributed by atoms with Crippen molar-refractivity contribution in [3.05, 3.63) is 0 Å². The number of hydrogen-bond donors (Lipinski definition) is 8. The minimum atomic E-state index is -1.36. The van der Waals surface area contributed by atoms with Crippen LogP contribution >= 0.6 is 0 Å². The van der Waals surface area contributed by atoms with Gasteiger partial charge in [-0.15, -0.1) is 0 Å². The van der Waals surface area contributed by atoms with Gasteiger partial charge in [0.05, 0.1) is 23.9 Å². The van der Waals surface area contributed by atoms with Crippen LogP contribution in [0.2, 0.25) is 0 Å². The third-order valence-corrected chi connectivity index (χ3v) is 4.02. The Balaban J connectivity index is -0.0000000635. The number of rotatable bonds is 16. The molecule has 16 N–H and O–H groups in total. The molecule has 0 radical (unpaired) electrons. The summed E-state index contributed by atoms with van der Waals surface area (Å²) in [6, 6.07) is -4.36. The van der Waals surface area contributed by atoms with Crippen LogP contribution in [0.5, 0.6) is 0 Å². The van der Waals surface area contributed by atoms with Gasteiger partial charge in [-0.1, -0.05) is 0 Å². The van der Waals surface area contributed by atoms with Gasteiger partial charge in [0, 0.05) is 49.9 Å². The quantitative estimate of drug-likeness (QED) is 0.0705. The van der Waals surface area contributed by atoms with Crippen molar-refractivity contribution in [1.82, 2.24) is 0 Å². The first kappa shape index (κ1) is 62.4. The van der Waals surface area contributed by atoms with Crippen molar-refractivity contribution in [2.75, 3.05) is 0 Å². The van der Waals surface area contributed by atoms with Crippen LogP contribution in [0.1, 0.15) is 51.4 Å². The summed E-state index contributed by atoms with van der Waals surface area (Å²) in [5, 5.41) is 39.7. The molecule has 0 heterocycles. The van der Waals surface area contributed by atoms with Gasteiger partial charge >= 0.3 is 118 Å². The Kier molecular flexibility index (Phi) is 55.0. The Bertz CT molecular complexity index is 739. The molecule has 0 spiro atoms. The van der Waals surface area contributed by atoms with Crippen molar-refractivity contribution in [1.29, 1.82) is 0 Å². The standard InChI is InChI=1S/4C5H10N2O3.4Na/c4*6-3(5(9)10)1-2-4(7)8;;;;/h4*3H,1-2,6H2,(H2,7,8)(H,9,10);;;;/q;;;;4*+1/p-4/t4*3-;;;;/m0000..../s1. The predicted octanol–water partition coefficient (Wildman–Crippen LogP) is -22.7. The Morgan fingerprint density at radius 2 is 0.477 bits per heavy atom. The van der Waals surface area contributed by atoms with Crippen molar-refractivity contribution in [3.8, 4) is 0 Å². The second-order valence-electron chi connectivity index (χ2n) is 7.72. The molecule has 0 aliphatic heterocycles. The minimum absolute atomic E-state index is 0. The third kappa shape index (κ3) is 54.1. The largest absolute Gasteiger partial charge is 1.00 e. The van der Waals surface area contributed by atoms with Gasteiger partial charge in [0.2, 0.25) is 23.6 Å². The number of hydrogen-bond acceptors (Lipinski definition) is 16. The Hall–Kier alpha value is -0.400. The van der Waals surface area contributed by atoms with Crippen molar-refractivity contribution in [3.63, 3.8) is 0 Å². The number of nitrogens with two attached hydrogens (primary N) is 8. The maximum atomic E-state index is 10.1. The summed E-state index contributed by atoms with van der Waals surface area (Å²) < 4.78 is 0. The predicted molar refractivity (Wildman–Crippen MR) is 126 cm³/mol. The summed E-state index contributed by atoms with van der Waals surface area (Å²) in [7, 11) is 0. The first-order valence-corrected chi connectivity index (χ1v) is 11.1. The molecule has 0 aromatic rings. The molecule has 0 saturated carbocycles. The van der Waals surface area contributed by atoms with Crippen molar-refractivity contribution < 1.29 is 177 Å². The van der Waals surface area contributed by atoms with Gasteiger partial charge in [0.15, 0.2) is 0 Å². The monoisotopic (exact) mass is 672 g/mol. The average Bonchev–Trinajstić information content (AvgIpc) is 2.83. The molecule has 4 amide bonds. The molecule has 0 aromatic carbocycles. The van der Waals surface area contributed by atoms with Crippen LogP contribution in [-0.2, 0) is 38.4 Å². The molecule has 0 aliphatic carbocycles. The zero-order valence-electron chi connectivity index (χ0n) is 25.5. The summed E-state index contributed by atoms with van der Waals surface area (Å²) in [5.74, 6) is -7.67. The summed E-state index contributed by atoms with van der Waals surface area (Å²) in [6.07, 6.45) is 0.0826. The van der Waals surface area contributed by atoms with E-state index in [1.54, 1.807) is 0 Å². The molecule has 0 rings (SSSR count). The molecule has 20 nitrogen and oxygen atoms in total. The summed E-state index contributed by atoms with van der Waals surface area (Å²) in [5.41, 5.74) is 38.9. The first-order chi connectivity index (χ1) is 18.1. The summed E-state index contributed by atoms with van der Waals surface area (Å²) >= 11 is 0. The van der Waals surface area contributed by atoms with Gasteiger partial charge in [-0.2, -0.15) is 0 Å². The van der Waals surface area contributed by atoms with Gasteiger partial charge in [0.25, 0.3) is 0 Å². The molecule has 0 bridgehead atoms. The number of carboxylic acid groups (broad SMARTS) is 4. The van der Waals surface area contributed by atoms with Gasteiger partial charge in [0.1, 0.15) is 0 Å². The smallest absolute Gasteiger partial charge is 0.548 e. The van der Waals surface area contributed by atoms with E-state index in [4.69, 9.17) is 45.9 Å². The number of carbonyl (C=O) groups is 8. The molecular weight excluding hydrogens is 636 g/mol. The maximum Gasteiger partial charge on any atom is 1.00 e. The third-order valence-electron chi connectivity index (χ3n) is 4.02. The molecule has 0 saturated heterocycles. The van der Waals surface area contributed by atoms with E-state index >= 15 is 0 Å². The van der Waals surface area contributed by atoms with Crippen LogP contribution in [0.25, 0.3) is 0 Å². The molecule has 4 atom stereocenters. The second-order valence-corrected chi connectivity index (χ2v) is 7.72. The van der Waals surface area contributed by atoms with E-state index in [0.29, 0.717) is 0 Å².